The number of para-hydroxylation sites is 1. The summed E-state index contributed by atoms with van der Waals surface area (Å²) < 4.78 is 12.3. The first-order valence-corrected chi connectivity index (χ1v) is 11.6. The van der Waals surface area contributed by atoms with E-state index in [2.05, 4.69) is 10.2 Å². The third kappa shape index (κ3) is 4.45. The topological polar surface area (TPSA) is 88.1 Å². The molecule has 0 bridgehead atoms. The van der Waals surface area contributed by atoms with E-state index in [4.69, 9.17) is 43.5 Å². The smallest absolute Gasteiger partial charge is 0.210 e. The Balaban J connectivity index is 1.52. The fourth-order valence-electron chi connectivity index (χ4n) is 2.92. The zero-order valence-electron chi connectivity index (χ0n) is 16.5. The van der Waals surface area contributed by atoms with Crippen molar-refractivity contribution < 1.29 is 9.47 Å². The number of nitrogens with two attached hydrogens (primary N) is 1. The summed E-state index contributed by atoms with van der Waals surface area (Å²) in [5.41, 5.74) is 2.43. The van der Waals surface area contributed by atoms with Crippen molar-refractivity contribution in [3.05, 3.63) is 57.5 Å². The molecule has 0 unspecified atom stereocenters. The van der Waals surface area contributed by atoms with Crippen LogP contribution in [0.2, 0.25) is 10.0 Å². The summed E-state index contributed by atoms with van der Waals surface area (Å²) in [7, 11) is 3.23. The maximum absolute atomic E-state index is 6.27. The molecule has 7 nitrogen and oxygen atoms in total. The van der Waals surface area contributed by atoms with Gasteiger partial charge in [0.05, 0.1) is 30.5 Å². The van der Waals surface area contributed by atoms with Crippen LogP contribution < -0.4 is 15.3 Å². The Labute approximate surface area is 197 Å². The molecule has 0 amide bonds. The van der Waals surface area contributed by atoms with Crippen molar-refractivity contribution in [2.75, 3.05) is 20.1 Å². The number of hydrogen-bond acceptors (Lipinski definition) is 8. The zero-order chi connectivity index (χ0) is 22.0. The Morgan fingerprint density at radius 2 is 1.94 bits per heavy atom. The molecule has 0 aliphatic carbocycles. The number of nitrogen functional groups attached to an aromatic ring is 1. The lowest BCUT2D eigenvalue weighted by Crippen LogP contribution is -2.11. The largest absolute Gasteiger partial charge is 0.493 e. The van der Waals surface area contributed by atoms with Crippen molar-refractivity contribution in [1.82, 2.24) is 19.9 Å². The number of hydrogen-bond donors (Lipinski definition) is 1. The van der Waals surface area contributed by atoms with Gasteiger partial charge in [0.15, 0.2) is 17.3 Å². The van der Waals surface area contributed by atoms with Crippen LogP contribution in [-0.2, 0) is 5.75 Å². The summed E-state index contributed by atoms with van der Waals surface area (Å²) in [5.74, 6) is 8.56. The number of thioether (sulfide) groups is 1. The second-order valence-electron chi connectivity index (χ2n) is 6.27. The maximum Gasteiger partial charge on any atom is 0.210 e. The van der Waals surface area contributed by atoms with Crippen molar-refractivity contribution in [3.8, 4) is 33.5 Å². The van der Waals surface area contributed by atoms with E-state index in [0.717, 1.165) is 16.3 Å². The number of ether oxygens (including phenoxy) is 2. The summed E-state index contributed by atoms with van der Waals surface area (Å²) in [6, 6.07) is 10.9. The Hall–Kier alpha value is -2.46. The first-order chi connectivity index (χ1) is 15.0. The Kier molecular flexibility index (Phi) is 6.57. The van der Waals surface area contributed by atoms with Crippen LogP contribution in [0.4, 0.5) is 0 Å². The molecule has 0 saturated heterocycles. The molecule has 4 aromatic rings. The molecule has 31 heavy (non-hydrogen) atoms. The van der Waals surface area contributed by atoms with Gasteiger partial charge in [-0.1, -0.05) is 41.0 Å². The van der Waals surface area contributed by atoms with E-state index in [0.29, 0.717) is 43.8 Å². The second kappa shape index (κ2) is 9.35. The van der Waals surface area contributed by atoms with E-state index in [9.17, 15) is 0 Å². The van der Waals surface area contributed by atoms with Crippen LogP contribution in [-0.4, -0.2) is 34.1 Å². The zero-order valence-corrected chi connectivity index (χ0v) is 19.6. The minimum atomic E-state index is 0.458. The average Bonchev–Trinajstić information content (AvgIpc) is 3.38. The first-order valence-electron chi connectivity index (χ1n) is 8.96. The Bertz CT molecular complexity index is 1230. The highest BCUT2D eigenvalue weighted by Gasteiger charge is 2.17. The molecule has 4 rings (SSSR count). The molecule has 0 atom stereocenters. The predicted molar refractivity (Wildman–Crippen MR) is 126 cm³/mol. The highest BCUT2D eigenvalue weighted by atomic mass is 35.5. The van der Waals surface area contributed by atoms with Crippen LogP contribution in [0.25, 0.3) is 22.0 Å². The fraction of sp³-hybridized carbons (Fsp3) is 0.150. The van der Waals surface area contributed by atoms with E-state index in [-0.39, 0.29) is 0 Å². The quantitative estimate of drug-likeness (QED) is 0.272. The standard InChI is InChI=1S/C20H17Cl2N5O2S2/c1-28-16-5-3-4-14(17(16)29-2)19-24-12(9-30-19)10-31-20-26-25-18(27(20)23)13-7-6-11(21)8-15(13)22/h3-9H,10,23H2,1-2H3. The molecule has 2 aromatic heterocycles. The third-order valence-corrected chi connectivity index (χ3v) is 6.82. The van der Waals surface area contributed by atoms with Gasteiger partial charge in [-0.2, -0.15) is 0 Å². The SMILES string of the molecule is COc1cccc(-c2nc(CSc3nnc(-c4ccc(Cl)cc4Cl)n3N)cs2)c1OC. The van der Waals surface area contributed by atoms with Crippen molar-refractivity contribution >= 4 is 46.3 Å². The second-order valence-corrected chi connectivity index (χ2v) is 8.92. The molecule has 2 heterocycles. The number of benzene rings is 2. The predicted octanol–water partition coefficient (Wildman–Crippen LogP) is 5.40. The highest BCUT2D eigenvalue weighted by molar-refractivity contribution is 7.98. The minimum Gasteiger partial charge on any atom is -0.493 e. The van der Waals surface area contributed by atoms with Crippen LogP contribution in [0.3, 0.4) is 0 Å². The third-order valence-electron chi connectivity index (χ3n) is 4.37. The van der Waals surface area contributed by atoms with Crippen LogP contribution >= 0.6 is 46.3 Å². The van der Waals surface area contributed by atoms with Gasteiger partial charge < -0.3 is 15.3 Å². The molecule has 2 N–H and O–H groups in total. The number of rotatable bonds is 7. The number of nitrogens with zero attached hydrogens (tertiary/aromatic N) is 4. The van der Waals surface area contributed by atoms with Crippen molar-refractivity contribution in [2.45, 2.75) is 10.9 Å². The van der Waals surface area contributed by atoms with Crippen LogP contribution in [0.5, 0.6) is 11.5 Å². The lowest BCUT2D eigenvalue weighted by atomic mass is 10.2. The summed E-state index contributed by atoms with van der Waals surface area (Å²) >= 11 is 15.2. The molecule has 160 valence electrons. The number of halogens is 2. The molecular formula is C20H17Cl2N5O2S2. The van der Waals surface area contributed by atoms with Gasteiger partial charge in [-0.15, -0.1) is 21.5 Å². The summed E-state index contributed by atoms with van der Waals surface area (Å²) in [5, 5.41) is 12.7. The lowest BCUT2D eigenvalue weighted by molar-refractivity contribution is 0.356. The van der Waals surface area contributed by atoms with Gasteiger partial charge in [0.2, 0.25) is 5.16 Å². The molecule has 0 fully saturated rings. The molecule has 0 saturated carbocycles. The molecule has 2 aromatic carbocycles. The van der Waals surface area contributed by atoms with Gasteiger partial charge in [-0.3, -0.25) is 0 Å². The van der Waals surface area contributed by atoms with Gasteiger partial charge in [0.25, 0.3) is 0 Å². The van der Waals surface area contributed by atoms with Crippen molar-refractivity contribution in [3.63, 3.8) is 0 Å². The lowest BCUT2D eigenvalue weighted by Gasteiger charge is -2.10. The number of thiazole rings is 1. The number of methoxy groups -OCH3 is 2. The average molecular weight is 494 g/mol. The highest BCUT2D eigenvalue weighted by Crippen LogP contribution is 2.39. The van der Waals surface area contributed by atoms with Gasteiger partial charge in [0, 0.05) is 21.7 Å². The Morgan fingerprint density at radius 3 is 2.68 bits per heavy atom. The molecular weight excluding hydrogens is 477 g/mol. The summed E-state index contributed by atoms with van der Waals surface area (Å²) in [6.45, 7) is 0. The normalized spacial score (nSPS) is 11.0. The number of aromatic nitrogens is 4. The van der Waals surface area contributed by atoms with Crippen LogP contribution in [0.15, 0.2) is 46.9 Å². The molecule has 0 aliphatic rings. The van der Waals surface area contributed by atoms with Gasteiger partial charge in [-0.25, -0.2) is 9.66 Å². The molecule has 11 heteroatoms. The minimum absolute atomic E-state index is 0.458. The van der Waals surface area contributed by atoms with E-state index in [1.807, 2.05) is 23.6 Å². The van der Waals surface area contributed by atoms with E-state index < -0.39 is 0 Å². The van der Waals surface area contributed by atoms with E-state index in [1.165, 1.54) is 27.8 Å². The molecule has 0 aliphatic heterocycles. The monoisotopic (exact) mass is 493 g/mol. The maximum atomic E-state index is 6.27. The first kappa shape index (κ1) is 21.8. The summed E-state index contributed by atoms with van der Waals surface area (Å²) in [6.07, 6.45) is 0. The van der Waals surface area contributed by atoms with Crippen LogP contribution in [0, 0.1) is 0 Å². The Morgan fingerprint density at radius 1 is 1.10 bits per heavy atom. The molecule has 0 spiro atoms. The van der Waals surface area contributed by atoms with Gasteiger partial charge >= 0.3 is 0 Å². The molecule has 0 radical (unpaired) electrons. The van der Waals surface area contributed by atoms with Crippen molar-refractivity contribution in [2.24, 2.45) is 0 Å². The van der Waals surface area contributed by atoms with Gasteiger partial charge in [-0.05, 0) is 30.3 Å². The van der Waals surface area contributed by atoms with E-state index >= 15 is 0 Å². The van der Waals surface area contributed by atoms with Crippen LogP contribution in [0.1, 0.15) is 5.69 Å². The van der Waals surface area contributed by atoms with Crippen molar-refractivity contribution in [1.29, 1.82) is 0 Å². The fourth-order valence-corrected chi connectivity index (χ4v) is 5.11. The summed E-state index contributed by atoms with van der Waals surface area (Å²) in [4.78, 5) is 4.73. The van der Waals surface area contributed by atoms with E-state index in [1.54, 1.807) is 32.4 Å². The van der Waals surface area contributed by atoms with Gasteiger partial charge in [0.1, 0.15) is 5.01 Å².